The number of aryl methyl sites for hydroxylation is 1. The summed E-state index contributed by atoms with van der Waals surface area (Å²) < 4.78 is 8.03. The van der Waals surface area contributed by atoms with E-state index >= 15 is 0 Å². The number of carbonyl (C=O) groups excluding carboxylic acids is 1. The van der Waals surface area contributed by atoms with Crippen LogP contribution >= 0.6 is 11.3 Å². The SMILES string of the molecule is O=C(O)c1cc2c(s1)C1(CCN(C(=O)C3CCc4ncnn4C3)CC1)OCC2. The molecule has 1 atom stereocenters. The smallest absolute Gasteiger partial charge is 0.345 e. The molecule has 1 spiro atoms. The normalized spacial score (nSPS) is 23.3. The summed E-state index contributed by atoms with van der Waals surface area (Å²) in [6.45, 7) is 2.48. The van der Waals surface area contributed by atoms with Crippen molar-refractivity contribution >= 4 is 23.2 Å². The van der Waals surface area contributed by atoms with E-state index in [1.54, 1.807) is 12.4 Å². The number of rotatable bonds is 2. The van der Waals surface area contributed by atoms with Gasteiger partial charge in [0.25, 0.3) is 0 Å². The highest BCUT2D eigenvalue weighted by Gasteiger charge is 2.44. The van der Waals surface area contributed by atoms with Crippen molar-refractivity contribution in [1.29, 1.82) is 0 Å². The van der Waals surface area contributed by atoms with Crippen molar-refractivity contribution in [3.8, 4) is 0 Å². The van der Waals surface area contributed by atoms with Crippen molar-refractivity contribution in [2.75, 3.05) is 19.7 Å². The van der Waals surface area contributed by atoms with E-state index in [-0.39, 0.29) is 11.8 Å². The number of ether oxygens (including phenoxy) is 1. The molecule has 148 valence electrons. The molecule has 1 unspecified atom stereocenters. The fraction of sp³-hybridized carbons (Fsp3) is 0.579. The molecule has 9 heteroatoms. The number of amides is 1. The first-order chi connectivity index (χ1) is 13.6. The Kier molecular flexibility index (Phi) is 4.24. The third-order valence-electron chi connectivity index (χ3n) is 6.22. The van der Waals surface area contributed by atoms with E-state index in [2.05, 4.69) is 10.1 Å². The highest BCUT2D eigenvalue weighted by molar-refractivity contribution is 7.14. The van der Waals surface area contributed by atoms with E-state index in [1.165, 1.54) is 11.3 Å². The second-order valence-electron chi connectivity index (χ2n) is 7.78. The molecule has 0 aromatic carbocycles. The third kappa shape index (κ3) is 2.84. The van der Waals surface area contributed by atoms with Crippen LogP contribution in [0, 0.1) is 5.92 Å². The highest BCUT2D eigenvalue weighted by atomic mass is 32.1. The predicted octanol–water partition coefficient (Wildman–Crippen LogP) is 1.69. The van der Waals surface area contributed by atoms with Gasteiger partial charge in [0.15, 0.2) is 0 Å². The third-order valence-corrected chi connectivity index (χ3v) is 7.57. The van der Waals surface area contributed by atoms with E-state index < -0.39 is 11.6 Å². The van der Waals surface area contributed by atoms with Crippen molar-refractivity contribution in [3.05, 3.63) is 33.5 Å². The van der Waals surface area contributed by atoms with Crippen LogP contribution in [0.5, 0.6) is 0 Å². The number of carbonyl (C=O) groups is 2. The molecule has 0 saturated carbocycles. The predicted molar refractivity (Wildman–Crippen MR) is 100 cm³/mol. The van der Waals surface area contributed by atoms with Gasteiger partial charge in [0, 0.05) is 24.4 Å². The van der Waals surface area contributed by atoms with Crippen LogP contribution in [-0.4, -0.2) is 56.3 Å². The van der Waals surface area contributed by atoms with E-state index in [9.17, 15) is 14.7 Å². The Morgan fingerprint density at radius 3 is 2.89 bits per heavy atom. The zero-order valence-corrected chi connectivity index (χ0v) is 16.3. The van der Waals surface area contributed by atoms with Crippen molar-refractivity contribution in [2.45, 2.75) is 44.2 Å². The quantitative estimate of drug-likeness (QED) is 0.821. The van der Waals surface area contributed by atoms with Gasteiger partial charge in [-0.2, -0.15) is 5.10 Å². The van der Waals surface area contributed by atoms with E-state index in [0.717, 1.165) is 35.5 Å². The Morgan fingerprint density at radius 1 is 1.29 bits per heavy atom. The lowest BCUT2D eigenvalue weighted by atomic mass is 9.84. The summed E-state index contributed by atoms with van der Waals surface area (Å²) in [7, 11) is 0. The molecule has 1 saturated heterocycles. The van der Waals surface area contributed by atoms with Gasteiger partial charge in [-0.15, -0.1) is 11.3 Å². The molecule has 5 heterocycles. The lowest BCUT2D eigenvalue weighted by Gasteiger charge is -2.44. The van der Waals surface area contributed by atoms with Gasteiger partial charge in [-0.3, -0.25) is 4.79 Å². The molecule has 2 aromatic rings. The second-order valence-corrected chi connectivity index (χ2v) is 8.83. The van der Waals surface area contributed by atoms with Crippen LogP contribution in [0.1, 0.15) is 45.2 Å². The minimum absolute atomic E-state index is 0.0496. The number of hydrogen-bond acceptors (Lipinski definition) is 6. The van der Waals surface area contributed by atoms with Crippen LogP contribution in [0.3, 0.4) is 0 Å². The second kappa shape index (κ2) is 6.66. The maximum atomic E-state index is 13.0. The number of carboxylic acid groups (broad SMARTS) is 1. The van der Waals surface area contributed by atoms with Crippen molar-refractivity contribution in [1.82, 2.24) is 19.7 Å². The highest BCUT2D eigenvalue weighted by Crippen LogP contribution is 2.45. The van der Waals surface area contributed by atoms with Gasteiger partial charge in [-0.25, -0.2) is 14.5 Å². The Morgan fingerprint density at radius 2 is 2.11 bits per heavy atom. The van der Waals surface area contributed by atoms with Crippen molar-refractivity contribution < 1.29 is 19.4 Å². The summed E-state index contributed by atoms with van der Waals surface area (Å²) in [5.74, 6) is 0.208. The molecule has 0 radical (unpaired) electrons. The number of thiophene rings is 1. The average Bonchev–Trinajstić information content (AvgIpc) is 3.35. The molecule has 28 heavy (non-hydrogen) atoms. The van der Waals surface area contributed by atoms with Crippen LogP contribution in [-0.2, 0) is 34.5 Å². The van der Waals surface area contributed by atoms with Gasteiger partial charge in [-0.05, 0) is 37.3 Å². The zero-order chi connectivity index (χ0) is 19.3. The lowest BCUT2D eigenvalue weighted by Crippen LogP contribution is -2.50. The average molecular weight is 402 g/mol. The summed E-state index contributed by atoms with van der Waals surface area (Å²) in [5, 5.41) is 13.6. The van der Waals surface area contributed by atoms with Crippen LogP contribution in [0.15, 0.2) is 12.4 Å². The van der Waals surface area contributed by atoms with Gasteiger partial charge in [0.05, 0.1) is 19.1 Å². The van der Waals surface area contributed by atoms with Crippen molar-refractivity contribution in [2.24, 2.45) is 5.92 Å². The maximum absolute atomic E-state index is 13.0. The summed E-state index contributed by atoms with van der Waals surface area (Å²) in [4.78, 5) is 32.0. The lowest BCUT2D eigenvalue weighted by molar-refractivity contribution is -0.145. The zero-order valence-electron chi connectivity index (χ0n) is 15.5. The summed E-state index contributed by atoms with van der Waals surface area (Å²) in [6.07, 6.45) is 5.34. The van der Waals surface area contributed by atoms with Crippen LogP contribution < -0.4 is 0 Å². The fourth-order valence-corrected chi connectivity index (χ4v) is 5.93. The number of likely N-dealkylation sites (tertiary alicyclic amines) is 1. The van der Waals surface area contributed by atoms with Crippen LogP contribution in [0.2, 0.25) is 0 Å². The Balaban J connectivity index is 1.29. The van der Waals surface area contributed by atoms with Crippen molar-refractivity contribution in [3.63, 3.8) is 0 Å². The summed E-state index contributed by atoms with van der Waals surface area (Å²) in [6, 6.07) is 1.79. The van der Waals surface area contributed by atoms with Crippen LogP contribution in [0.25, 0.3) is 0 Å². The number of piperidine rings is 1. The molecule has 3 aliphatic rings. The van der Waals surface area contributed by atoms with Gasteiger partial charge in [0.1, 0.15) is 22.6 Å². The molecule has 1 fully saturated rings. The topological polar surface area (TPSA) is 97.5 Å². The number of hydrogen-bond donors (Lipinski definition) is 1. The van der Waals surface area contributed by atoms with Gasteiger partial charge in [-0.1, -0.05) is 0 Å². The van der Waals surface area contributed by atoms with Gasteiger partial charge < -0.3 is 14.7 Å². The number of carboxylic acids is 1. The minimum Gasteiger partial charge on any atom is -0.477 e. The Labute approximate surface area is 166 Å². The Hall–Kier alpha value is -2.26. The summed E-state index contributed by atoms with van der Waals surface area (Å²) >= 11 is 1.33. The monoisotopic (exact) mass is 402 g/mol. The molecular formula is C19H22N4O4S. The maximum Gasteiger partial charge on any atom is 0.345 e. The number of aromatic carboxylic acids is 1. The molecule has 0 bridgehead atoms. The first-order valence-electron chi connectivity index (χ1n) is 9.72. The van der Waals surface area contributed by atoms with E-state index in [0.29, 0.717) is 44.0 Å². The molecule has 2 aromatic heterocycles. The molecule has 8 nitrogen and oxygen atoms in total. The van der Waals surface area contributed by atoms with Gasteiger partial charge in [0.2, 0.25) is 5.91 Å². The minimum atomic E-state index is -0.882. The number of nitrogens with zero attached hydrogens (tertiary/aromatic N) is 4. The first-order valence-corrected chi connectivity index (χ1v) is 10.5. The molecule has 5 rings (SSSR count). The van der Waals surface area contributed by atoms with E-state index in [1.807, 2.05) is 9.58 Å². The molecule has 0 aliphatic carbocycles. The molecular weight excluding hydrogens is 380 g/mol. The first kappa shape index (κ1) is 17.8. The number of aromatic nitrogens is 3. The molecule has 1 amide bonds. The van der Waals surface area contributed by atoms with Gasteiger partial charge >= 0.3 is 5.97 Å². The molecule has 1 N–H and O–H groups in total. The fourth-order valence-electron chi connectivity index (χ4n) is 4.68. The summed E-state index contributed by atoms with van der Waals surface area (Å²) in [5.41, 5.74) is 0.661. The van der Waals surface area contributed by atoms with Crippen LogP contribution in [0.4, 0.5) is 0 Å². The number of fused-ring (bicyclic) bond motifs is 3. The Bertz CT molecular complexity index is 928. The largest absolute Gasteiger partial charge is 0.477 e. The molecule has 3 aliphatic heterocycles. The standard InChI is InChI=1S/C19H22N4O4S/c24-17(13-1-2-15-20-11-21-23(15)10-13)22-6-4-19(5-7-22)16-12(3-8-27-19)9-14(28-16)18(25)26/h9,11,13H,1-8,10H2,(H,25,26). The van der Waals surface area contributed by atoms with E-state index in [4.69, 9.17) is 4.74 Å².